The zero-order chi connectivity index (χ0) is 10.3. The molecule has 0 N–H and O–H groups in total. The van der Waals surface area contributed by atoms with Gasteiger partial charge in [-0.25, -0.2) is 9.18 Å². The van der Waals surface area contributed by atoms with Gasteiger partial charge in [-0.15, -0.1) is 12.6 Å². The summed E-state index contributed by atoms with van der Waals surface area (Å²) in [5.41, 5.74) is -1.87. The summed E-state index contributed by atoms with van der Waals surface area (Å²) in [4.78, 5) is 21.0. The minimum atomic E-state index is -1.87. The normalized spacial score (nSPS) is 12.2. The Balaban J connectivity index is 3.26. The molecule has 0 radical (unpaired) electrons. The summed E-state index contributed by atoms with van der Waals surface area (Å²) in [5.74, 6) is -0.866. The van der Waals surface area contributed by atoms with E-state index < -0.39 is 11.5 Å². The summed E-state index contributed by atoms with van der Waals surface area (Å²) in [6, 6.07) is 0. The molecule has 5 heteroatoms. The lowest BCUT2D eigenvalue weighted by molar-refractivity contribution is -0.146. The van der Waals surface area contributed by atoms with Gasteiger partial charge in [-0.2, -0.15) is 0 Å². The number of carbonyl (C=O) groups excluding carboxylic acids is 2. The maximum atomic E-state index is 12.1. The molecule has 0 saturated heterocycles. The quantitative estimate of drug-likeness (QED) is 0.409. The van der Waals surface area contributed by atoms with E-state index in [-0.39, 0.29) is 12.4 Å². The molecule has 0 bridgehead atoms. The number of ketones is 1. The van der Waals surface area contributed by atoms with Crippen molar-refractivity contribution in [3.63, 3.8) is 0 Å². The largest absolute Gasteiger partial charge is 0.463 e. The predicted molar refractivity (Wildman–Crippen MR) is 49.4 cm³/mol. The zero-order valence-corrected chi connectivity index (χ0v) is 8.35. The van der Waals surface area contributed by atoms with Crippen LogP contribution in [0.2, 0.25) is 0 Å². The molecule has 0 heterocycles. The fourth-order valence-corrected chi connectivity index (χ4v) is 0.792. The van der Waals surface area contributed by atoms with Crippen molar-refractivity contribution in [3.05, 3.63) is 0 Å². The number of hydrogen-bond acceptors (Lipinski definition) is 4. The van der Waals surface area contributed by atoms with Crippen LogP contribution in [-0.4, -0.2) is 23.9 Å². The Morgan fingerprint density at radius 3 is 2.54 bits per heavy atom. The van der Waals surface area contributed by atoms with E-state index in [1.165, 1.54) is 6.92 Å². The first-order valence-corrected chi connectivity index (χ1v) is 4.54. The van der Waals surface area contributed by atoms with Gasteiger partial charge in [-0.05, 0) is 19.8 Å². The average Bonchev–Trinajstić information content (AvgIpc) is 2.02. The van der Waals surface area contributed by atoms with Crippen LogP contribution in [0.4, 0.5) is 4.39 Å². The van der Waals surface area contributed by atoms with Crippen LogP contribution in [0.15, 0.2) is 0 Å². The molecule has 0 aromatic carbocycles. The van der Waals surface area contributed by atoms with Gasteiger partial charge >= 0.3 is 5.97 Å². The van der Waals surface area contributed by atoms with Crippen molar-refractivity contribution in [2.24, 2.45) is 0 Å². The van der Waals surface area contributed by atoms with Gasteiger partial charge in [0.2, 0.25) is 5.50 Å². The molecule has 1 unspecified atom stereocenters. The average molecular weight is 208 g/mol. The summed E-state index contributed by atoms with van der Waals surface area (Å²) in [6.45, 7) is 1.64. The smallest absolute Gasteiger partial charge is 0.351 e. The van der Waals surface area contributed by atoms with E-state index in [0.29, 0.717) is 19.3 Å². The van der Waals surface area contributed by atoms with Crippen LogP contribution in [0.25, 0.3) is 0 Å². The molecule has 0 aliphatic rings. The molecule has 13 heavy (non-hydrogen) atoms. The first-order valence-electron chi connectivity index (χ1n) is 4.02. The van der Waals surface area contributed by atoms with Crippen molar-refractivity contribution in [1.29, 1.82) is 0 Å². The number of hydrogen-bond donors (Lipinski definition) is 1. The second-order valence-electron chi connectivity index (χ2n) is 2.66. The number of Topliss-reactive ketones (excluding diaryl/α,β-unsaturated/α-hetero) is 1. The third kappa shape index (κ3) is 7.77. The highest BCUT2D eigenvalue weighted by Crippen LogP contribution is 2.01. The number of alkyl halides is 1. The Labute approximate surface area is 82.1 Å². The van der Waals surface area contributed by atoms with Gasteiger partial charge in [0.1, 0.15) is 5.78 Å². The number of thiol groups is 1. The minimum absolute atomic E-state index is 0.101. The van der Waals surface area contributed by atoms with E-state index in [4.69, 9.17) is 0 Å². The Morgan fingerprint density at radius 1 is 1.46 bits per heavy atom. The molecule has 3 nitrogen and oxygen atoms in total. The molecule has 0 amide bonds. The molecule has 0 aliphatic carbocycles. The van der Waals surface area contributed by atoms with Crippen molar-refractivity contribution in [1.82, 2.24) is 0 Å². The maximum Gasteiger partial charge on any atom is 0.351 e. The first kappa shape index (κ1) is 12.4. The van der Waals surface area contributed by atoms with Crippen LogP contribution in [0.1, 0.15) is 26.2 Å². The summed E-state index contributed by atoms with van der Waals surface area (Å²) in [7, 11) is 0. The zero-order valence-electron chi connectivity index (χ0n) is 7.46. The van der Waals surface area contributed by atoms with Crippen LogP contribution in [-0.2, 0) is 14.3 Å². The van der Waals surface area contributed by atoms with Gasteiger partial charge in [0, 0.05) is 6.42 Å². The summed E-state index contributed by atoms with van der Waals surface area (Å²) < 4.78 is 16.6. The molecule has 0 fully saturated rings. The highest BCUT2D eigenvalue weighted by atomic mass is 32.1. The van der Waals surface area contributed by atoms with Crippen LogP contribution in [0, 0.1) is 0 Å². The summed E-state index contributed by atoms with van der Waals surface area (Å²) >= 11 is 3.26. The van der Waals surface area contributed by atoms with Gasteiger partial charge < -0.3 is 9.53 Å². The van der Waals surface area contributed by atoms with Crippen molar-refractivity contribution in [2.45, 2.75) is 31.7 Å². The first-order chi connectivity index (χ1) is 6.04. The lowest BCUT2D eigenvalue weighted by Crippen LogP contribution is -2.14. The highest BCUT2D eigenvalue weighted by molar-refractivity contribution is 7.81. The van der Waals surface area contributed by atoms with Crippen LogP contribution in [0.5, 0.6) is 0 Å². The van der Waals surface area contributed by atoms with E-state index in [9.17, 15) is 14.0 Å². The second kappa shape index (κ2) is 6.88. The molecule has 0 aromatic rings. The maximum absolute atomic E-state index is 12.1. The van der Waals surface area contributed by atoms with E-state index in [2.05, 4.69) is 17.4 Å². The van der Waals surface area contributed by atoms with E-state index in [0.717, 1.165) is 0 Å². The Bertz CT molecular complexity index is 182. The third-order valence-electron chi connectivity index (χ3n) is 1.36. The SMILES string of the molecule is CC(=O)CCCCOC(=O)C(F)S. The Hall–Kier alpha value is -0.580. The number of halogens is 1. The fraction of sp³-hybridized carbons (Fsp3) is 0.750. The predicted octanol–water partition coefficient (Wildman–Crippen LogP) is 1.51. The fourth-order valence-electron chi connectivity index (χ4n) is 0.718. The number of esters is 1. The molecule has 76 valence electrons. The number of carbonyl (C=O) groups is 2. The minimum Gasteiger partial charge on any atom is -0.463 e. The van der Waals surface area contributed by atoms with Crippen LogP contribution < -0.4 is 0 Å². The van der Waals surface area contributed by atoms with E-state index in [1.807, 2.05) is 0 Å². The summed E-state index contributed by atoms with van der Waals surface area (Å²) in [6.07, 6.45) is 1.70. The molecular weight excluding hydrogens is 195 g/mol. The molecule has 0 rings (SSSR count). The summed E-state index contributed by atoms with van der Waals surface area (Å²) in [5, 5.41) is 0. The molecule has 0 saturated carbocycles. The monoisotopic (exact) mass is 208 g/mol. The lowest BCUT2D eigenvalue weighted by Gasteiger charge is -2.03. The van der Waals surface area contributed by atoms with Gasteiger partial charge in [0.15, 0.2) is 0 Å². The highest BCUT2D eigenvalue weighted by Gasteiger charge is 2.12. The molecular formula is C8H13FO3S. The second-order valence-corrected chi connectivity index (χ2v) is 3.12. The van der Waals surface area contributed by atoms with Crippen molar-refractivity contribution in [2.75, 3.05) is 6.61 Å². The standard InChI is InChI=1S/C8H13FO3S/c1-6(10)4-2-3-5-12-8(11)7(9)13/h7,13H,2-5H2,1H3. The number of rotatable bonds is 6. The van der Waals surface area contributed by atoms with Crippen LogP contribution >= 0.6 is 12.6 Å². The Morgan fingerprint density at radius 2 is 2.08 bits per heavy atom. The number of unbranched alkanes of at least 4 members (excludes halogenated alkanes) is 1. The molecule has 1 atom stereocenters. The van der Waals surface area contributed by atoms with Gasteiger partial charge in [-0.3, -0.25) is 0 Å². The Kier molecular flexibility index (Phi) is 6.58. The molecule has 0 aromatic heterocycles. The molecule has 0 spiro atoms. The van der Waals surface area contributed by atoms with Crippen molar-refractivity contribution < 1.29 is 18.7 Å². The molecule has 0 aliphatic heterocycles. The van der Waals surface area contributed by atoms with Crippen molar-refractivity contribution >= 4 is 24.4 Å². The van der Waals surface area contributed by atoms with Gasteiger partial charge in [0.05, 0.1) is 6.61 Å². The number of ether oxygens (including phenoxy) is 1. The van der Waals surface area contributed by atoms with Crippen LogP contribution in [0.3, 0.4) is 0 Å². The third-order valence-corrected chi connectivity index (χ3v) is 1.57. The van der Waals surface area contributed by atoms with Gasteiger partial charge in [-0.1, -0.05) is 0 Å². The lowest BCUT2D eigenvalue weighted by atomic mass is 10.2. The van der Waals surface area contributed by atoms with E-state index >= 15 is 0 Å². The van der Waals surface area contributed by atoms with Crippen molar-refractivity contribution in [3.8, 4) is 0 Å². The van der Waals surface area contributed by atoms with Gasteiger partial charge in [0.25, 0.3) is 0 Å². The topological polar surface area (TPSA) is 43.4 Å². The van der Waals surface area contributed by atoms with E-state index in [1.54, 1.807) is 0 Å².